The van der Waals surface area contributed by atoms with Crippen molar-refractivity contribution in [1.82, 2.24) is 19.7 Å². The van der Waals surface area contributed by atoms with E-state index < -0.39 is 23.1 Å². The zero-order chi connectivity index (χ0) is 25.7. The van der Waals surface area contributed by atoms with Crippen LogP contribution in [-0.2, 0) is 4.74 Å². The zero-order valence-corrected chi connectivity index (χ0v) is 21.7. The SMILES string of the molecule is CC(c1oc2cccc(F)c2c(=O)c1-c1ccc(F)cc1)n1ncc2cnc(N3CCOCC3I)nc21. The summed E-state index contributed by atoms with van der Waals surface area (Å²) in [5.41, 5.74) is 0.685. The van der Waals surface area contributed by atoms with Gasteiger partial charge < -0.3 is 14.1 Å². The van der Waals surface area contributed by atoms with E-state index in [0.717, 1.165) is 0 Å². The fourth-order valence-corrected chi connectivity index (χ4v) is 5.34. The Labute approximate surface area is 223 Å². The van der Waals surface area contributed by atoms with Gasteiger partial charge in [0.2, 0.25) is 11.4 Å². The first-order valence-electron chi connectivity index (χ1n) is 11.6. The number of nitrogens with zero attached hydrogens (tertiary/aromatic N) is 5. The number of anilines is 1. The van der Waals surface area contributed by atoms with Crippen LogP contribution in [0.15, 0.2) is 64.1 Å². The van der Waals surface area contributed by atoms with Crippen LogP contribution in [0.25, 0.3) is 33.1 Å². The first-order chi connectivity index (χ1) is 17.9. The van der Waals surface area contributed by atoms with Gasteiger partial charge in [0.15, 0.2) is 5.65 Å². The van der Waals surface area contributed by atoms with Crippen molar-refractivity contribution >= 4 is 50.5 Å². The number of rotatable bonds is 4. The molecule has 0 aliphatic carbocycles. The van der Waals surface area contributed by atoms with Gasteiger partial charge in [-0.1, -0.05) is 40.8 Å². The van der Waals surface area contributed by atoms with Gasteiger partial charge in [0.1, 0.15) is 38.5 Å². The minimum Gasteiger partial charge on any atom is -0.458 e. The van der Waals surface area contributed by atoms with Crippen molar-refractivity contribution in [2.24, 2.45) is 0 Å². The smallest absolute Gasteiger partial charge is 0.228 e. The molecule has 6 rings (SSSR count). The zero-order valence-electron chi connectivity index (χ0n) is 19.6. The minimum absolute atomic E-state index is 0.0797. The van der Waals surface area contributed by atoms with E-state index >= 15 is 0 Å². The monoisotopic (exact) mass is 615 g/mol. The highest BCUT2D eigenvalue weighted by atomic mass is 127. The number of ether oxygens (including phenoxy) is 1. The molecule has 2 atom stereocenters. The quantitative estimate of drug-likeness (QED) is 0.158. The fraction of sp³-hybridized carbons (Fsp3) is 0.231. The average molecular weight is 615 g/mol. The normalized spacial score (nSPS) is 17.0. The second-order valence-electron chi connectivity index (χ2n) is 8.71. The van der Waals surface area contributed by atoms with Crippen LogP contribution in [0.3, 0.4) is 0 Å². The summed E-state index contributed by atoms with van der Waals surface area (Å²) in [5, 5.41) is 5.08. The summed E-state index contributed by atoms with van der Waals surface area (Å²) in [5.74, 6) is -0.328. The van der Waals surface area contributed by atoms with E-state index in [2.05, 4.69) is 37.6 Å². The summed E-state index contributed by atoms with van der Waals surface area (Å²) in [4.78, 5) is 25.0. The topological polar surface area (TPSA) is 86.3 Å². The molecule has 1 fully saturated rings. The third kappa shape index (κ3) is 4.15. The molecule has 2 unspecified atom stereocenters. The third-order valence-corrected chi connectivity index (χ3v) is 7.46. The summed E-state index contributed by atoms with van der Waals surface area (Å²) >= 11 is 2.29. The largest absolute Gasteiger partial charge is 0.458 e. The Morgan fingerprint density at radius 3 is 2.73 bits per heavy atom. The van der Waals surface area contributed by atoms with Gasteiger partial charge in [0, 0.05) is 12.7 Å². The van der Waals surface area contributed by atoms with Crippen molar-refractivity contribution in [2.45, 2.75) is 17.0 Å². The van der Waals surface area contributed by atoms with Crippen LogP contribution < -0.4 is 10.3 Å². The van der Waals surface area contributed by atoms with Crippen LogP contribution in [0.4, 0.5) is 14.7 Å². The van der Waals surface area contributed by atoms with Gasteiger partial charge in [-0.2, -0.15) is 10.1 Å². The molecule has 0 bridgehead atoms. The summed E-state index contributed by atoms with van der Waals surface area (Å²) in [7, 11) is 0. The van der Waals surface area contributed by atoms with Gasteiger partial charge in [-0.25, -0.2) is 18.4 Å². The van der Waals surface area contributed by atoms with Crippen LogP contribution in [0.1, 0.15) is 18.7 Å². The van der Waals surface area contributed by atoms with Crippen LogP contribution in [-0.4, -0.2) is 43.6 Å². The first-order valence-corrected chi connectivity index (χ1v) is 12.9. The fourth-order valence-electron chi connectivity index (χ4n) is 4.56. The van der Waals surface area contributed by atoms with Crippen molar-refractivity contribution in [2.75, 3.05) is 24.7 Å². The van der Waals surface area contributed by atoms with Gasteiger partial charge in [-0.15, -0.1) is 0 Å². The molecule has 188 valence electrons. The first kappa shape index (κ1) is 23.9. The number of aromatic nitrogens is 4. The molecule has 37 heavy (non-hydrogen) atoms. The molecule has 0 spiro atoms. The molecule has 3 aromatic heterocycles. The van der Waals surface area contributed by atoms with E-state index in [9.17, 15) is 13.6 Å². The Kier molecular flexibility index (Phi) is 6.11. The average Bonchev–Trinajstić information content (AvgIpc) is 3.32. The van der Waals surface area contributed by atoms with Crippen LogP contribution in [0.5, 0.6) is 0 Å². The highest BCUT2D eigenvalue weighted by Gasteiger charge is 2.27. The predicted octanol–water partition coefficient (Wildman–Crippen LogP) is 5.08. The van der Waals surface area contributed by atoms with Crippen molar-refractivity contribution in [3.05, 3.63) is 82.5 Å². The summed E-state index contributed by atoms with van der Waals surface area (Å²) < 4.78 is 41.8. The lowest BCUT2D eigenvalue weighted by atomic mass is 9.99. The van der Waals surface area contributed by atoms with E-state index in [0.29, 0.717) is 42.3 Å². The Hall–Kier alpha value is -3.45. The summed E-state index contributed by atoms with van der Waals surface area (Å²) in [6, 6.07) is 9.09. The number of fused-ring (bicyclic) bond motifs is 2. The highest BCUT2D eigenvalue weighted by Crippen LogP contribution is 2.33. The summed E-state index contributed by atoms with van der Waals surface area (Å²) in [6.45, 7) is 3.62. The molecule has 2 aromatic carbocycles. The van der Waals surface area contributed by atoms with E-state index in [-0.39, 0.29) is 26.3 Å². The van der Waals surface area contributed by atoms with E-state index in [1.54, 1.807) is 23.1 Å². The third-order valence-electron chi connectivity index (χ3n) is 6.42. The molecule has 0 radical (unpaired) electrons. The number of hydrogen-bond donors (Lipinski definition) is 0. The maximum atomic E-state index is 14.7. The van der Waals surface area contributed by atoms with Crippen LogP contribution in [0.2, 0.25) is 0 Å². The molecule has 11 heteroatoms. The lowest BCUT2D eigenvalue weighted by Gasteiger charge is -2.31. The lowest BCUT2D eigenvalue weighted by molar-refractivity contribution is 0.118. The van der Waals surface area contributed by atoms with E-state index in [4.69, 9.17) is 14.1 Å². The number of hydrogen-bond acceptors (Lipinski definition) is 7. The maximum Gasteiger partial charge on any atom is 0.228 e. The Morgan fingerprint density at radius 2 is 1.95 bits per heavy atom. The standard InChI is InChI=1S/C26H20F2IN5O3/c1-14(34-25-16(12-31-34)11-30-26(32-25)33-9-10-36-13-20(33)29)24-21(15-5-7-17(27)8-6-15)23(35)22-18(28)3-2-4-19(22)37-24/h2-8,11-12,14,20H,9-10,13H2,1H3. The van der Waals surface area contributed by atoms with Crippen molar-refractivity contribution in [1.29, 1.82) is 0 Å². The molecule has 0 saturated carbocycles. The van der Waals surface area contributed by atoms with E-state index in [1.807, 2.05) is 6.92 Å². The van der Waals surface area contributed by atoms with Crippen molar-refractivity contribution in [3.63, 3.8) is 0 Å². The second kappa shape index (κ2) is 9.45. The van der Waals surface area contributed by atoms with Crippen molar-refractivity contribution in [3.8, 4) is 11.1 Å². The molecule has 0 N–H and O–H groups in total. The lowest BCUT2D eigenvalue weighted by Crippen LogP contribution is -2.42. The van der Waals surface area contributed by atoms with Crippen LogP contribution >= 0.6 is 22.6 Å². The van der Waals surface area contributed by atoms with Gasteiger partial charge >= 0.3 is 0 Å². The number of morpholine rings is 1. The Bertz CT molecular complexity index is 1690. The Morgan fingerprint density at radius 1 is 1.14 bits per heavy atom. The molecule has 0 amide bonds. The molecule has 1 saturated heterocycles. The number of alkyl halides is 1. The minimum atomic E-state index is -0.686. The number of halogens is 3. The molecule has 1 aliphatic heterocycles. The van der Waals surface area contributed by atoms with Crippen molar-refractivity contribution < 1.29 is 17.9 Å². The molecule has 1 aliphatic rings. The highest BCUT2D eigenvalue weighted by molar-refractivity contribution is 14.1. The van der Waals surface area contributed by atoms with Gasteiger partial charge in [0.05, 0.1) is 30.4 Å². The molecule has 5 aromatic rings. The summed E-state index contributed by atoms with van der Waals surface area (Å²) in [6.07, 6.45) is 3.35. The molecule has 8 nitrogen and oxygen atoms in total. The molecular formula is C26H20F2IN5O3. The molecule has 4 heterocycles. The predicted molar refractivity (Wildman–Crippen MR) is 143 cm³/mol. The van der Waals surface area contributed by atoms with Gasteiger partial charge in [0.25, 0.3) is 0 Å². The second-order valence-corrected chi connectivity index (χ2v) is 10.1. The van der Waals surface area contributed by atoms with Gasteiger partial charge in [-0.05, 0) is 36.8 Å². The van der Waals surface area contributed by atoms with Gasteiger partial charge in [-0.3, -0.25) is 4.79 Å². The maximum absolute atomic E-state index is 14.7. The molecular weight excluding hydrogens is 595 g/mol. The number of benzene rings is 2. The Balaban J connectivity index is 1.54. The van der Waals surface area contributed by atoms with E-state index in [1.165, 1.54) is 36.4 Å². The van der Waals surface area contributed by atoms with Crippen LogP contribution in [0, 0.1) is 11.6 Å².